The third kappa shape index (κ3) is 3.09. The molecule has 7 heteroatoms. The minimum atomic E-state index is -4.67. The molecule has 0 bridgehead atoms. The van der Waals surface area contributed by atoms with Crippen molar-refractivity contribution in [2.45, 2.75) is 6.04 Å². The maximum atomic E-state index is 12.2. The predicted octanol–water partition coefficient (Wildman–Crippen LogP) is 0.389. The van der Waals surface area contributed by atoms with Crippen molar-refractivity contribution in [3.05, 3.63) is 0 Å². The Hall–Kier alpha value is -0.265. The second kappa shape index (κ2) is 4.31. The summed E-state index contributed by atoms with van der Waals surface area (Å²) in [5, 5.41) is 0. The maximum absolute atomic E-state index is 12.2. The molecule has 2 fully saturated rings. The van der Waals surface area contributed by atoms with E-state index in [1.54, 1.807) is 0 Å². The van der Waals surface area contributed by atoms with Gasteiger partial charge in [-0.25, -0.2) is 0 Å². The number of rotatable bonds is 3. The normalized spacial score (nSPS) is 26.6. The van der Waals surface area contributed by atoms with Gasteiger partial charge >= 0.3 is 6.98 Å². The van der Waals surface area contributed by atoms with Gasteiger partial charge in [0.2, 0.25) is 0 Å². The van der Waals surface area contributed by atoms with E-state index in [0.29, 0.717) is 19.1 Å². The van der Waals surface area contributed by atoms with Crippen LogP contribution in [0.5, 0.6) is 0 Å². The zero-order chi connectivity index (χ0) is 10.9. The smallest absolute Gasteiger partial charge is 0.448 e. The lowest BCUT2D eigenvalue weighted by Gasteiger charge is -2.43. The molecule has 2 aliphatic heterocycles. The zero-order valence-electron chi connectivity index (χ0n) is 8.54. The molecule has 0 amide bonds. The van der Waals surface area contributed by atoms with Gasteiger partial charge in [0.15, 0.2) is 0 Å². The van der Waals surface area contributed by atoms with Crippen LogP contribution in [0.4, 0.5) is 12.9 Å². The molecule has 0 aromatic heterocycles. The summed E-state index contributed by atoms with van der Waals surface area (Å²) in [6.45, 7) is -0.667. The van der Waals surface area contributed by atoms with Gasteiger partial charge in [-0.3, -0.25) is 4.90 Å². The highest BCUT2D eigenvalue weighted by molar-refractivity contribution is 6.58. The SMILES string of the molecule is F[B-](F)(F)CN1CCN(C2COC2)CC1. The van der Waals surface area contributed by atoms with Crippen LogP contribution in [-0.2, 0) is 4.74 Å². The number of hydrogen-bond acceptors (Lipinski definition) is 3. The molecule has 2 rings (SSSR count). The Labute approximate surface area is 87.2 Å². The first-order chi connectivity index (χ1) is 7.04. The number of halogens is 3. The summed E-state index contributed by atoms with van der Waals surface area (Å²) in [7, 11) is 0. The van der Waals surface area contributed by atoms with Crippen LogP contribution in [-0.4, -0.2) is 68.7 Å². The summed E-state index contributed by atoms with van der Waals surface area (Å²) in [5.74, 6) is 0. The molecule has 0 N–H and O–H groups in total. The Morgan fingerprint density at radius 2 is 1.67 bits per heavy atom. The molecule has 2 saturated heterocycles. The van der Waals surface area contributed by atoms with Crippen LogP contribution in [0, 0.1) is 0 Å². The minimum absolute atomic E-state index is 0.448. The molecule has 0 aromatic rings. The molecule has 0 aliphatic carbocycles. The van der Waals surface area contributed by atoms with Crippen molar-refractivity contribution >= 4 is 6.98 Å². The lowest BCUT2D eigenvalue weighted by molar-refractivity contribution is -0.0761. The first-order valence-corrected chi connectivity index (χ1v) is 5.30. The molecule has 3 nitrogen and oxygen atoms in total. The van der Waals surface area contributed by atoms with Gasteiger partial charge in [0.05, 0.1) is 19.3 Å². The van der Waals surface area contributed by atoms with E-state index in [1.165, 1.54) is 4.90 Å². The number of nitrogens with zero attached hydrogens (tertiary/aromatic N) is 2. The lowest BCUT2D eigenvalue weighted by atomic mass is 9.91. The molecule has 88 valence electrons. The molecular formula is C8H15BF3N2O-. The Bertz CT molecular complexity index is 214. The molecule has 0 atom stereocenters. The molecule has 0 radical (unpaired) electrons. The standard InChI is InChI=1S/C8H15BF3N2O/c10-9(11,12)7-13-1-3-14(4-2-13)8-5-15-6-8/h8H,1-7H2/q-1. The summed E-state index contributed by atoms with van der Waals surface area (Å²) in [5.41, 5.74) is 0. The van der Waals surface area contributed by atoms with Crippen molar-refractivity contribution < 1.29 is 17.7 Å². The Kier molecular flexibility index (Phi) is 3.23. The third-order valence-corrected chi connectivity index (χ3v) is 3.01. The van der Waals surface area contributed by atoms with Gasteiger partial charge < -0.3 is 22.6 Å². The lowest BCUT2D eigenvalue weighted by Crippen LogP contribution is -2.57. The van der Waals surface area contributed by atoms with E-state index in [1.807, 2.05) is 0 Å². The quantitative estimate of drug-likeness (QED) is 0.643. The highest BCUT2D eigenvalue weighted by atomic mass is 19.4. The molecule has 2 heterocycles. The van der Waals surface area contributed by atoms with Crippen molar-refractivity contribution in [1.82, 2.24) is 9.80 Å². The van der Waals surface area contributed by atoms with Gasteiger partial charge in [-0.2, -0.15) is 0 Å². The summed E-state index contributed by atoms with van der Waals surface area (Å²) < 4.78 is 41.5. The molecule has 15 heavy (non-hydrogen) atoms. The van der Waals surface area contributed by atoms with Gasteiger partial charge in [0, 0.05) is 26.2 Å². The first kappa shape index (κ1) is 11.2. The van der Waals surface area contributed by atoms with Crippen molar-refractivity contribution in [2.24, 2.45) is 0 Å². The van der Waals surface area contributed by atoms with Crippen LogP contribution in [0.3, 0.4) is 0 Å². The highest BCUT2D eigenvalue weighted by Crippen LogP contribution is 2.16. The van der Waals surface area contributed by atoms with Crippen LogP contribution in [0.15, 0.2) is 0 Å². The van der Waals surface area contributed by atoms with E-state index in [-0.39, 0.29) is 0 Å². The van der Waals surface area contributed by atoms with Gasteiger partial charge in [-0.05, 0) is 6.44 Å². The van der Waals surface area contributed by atoms with Gasteiger partial charge in [0.25, 0.3) is 0 Å². The van der Waals surface area contributed by atoms with Crippen LogP contribution >= 0.6 is 0 Å². The average molecular weight is 223 g/mol. The van der Waals surface area contributed by atoms with E-state index < -0.39 is 13.4 Å². The molecule has 2 aliphatic rings. The van der Waals surface area contributed by atoms with Crippen LogP contribution in [0.1, 0.15) is 0 Å². The summed E-state index contributed by atoms with van der Waals surface area (Å²) in [6, 6.07) is 0.448. The number of piperazine rings is 1. The van der Waals surface area contributed by atoms with E-state index in [0.717, 1.165) is 26.3 Å². The topological polar surface area (TPSA) is 15.7 Å². The van der Waals surface area contributed by atoms with Crippen molar-refractivity contribution in [3.8, 4) is 0 Å². The fourth-order valence-corrected chi connectivity index (χ4v) is 2.04. The molecule has 0 spiro atoms. The summed E-state index contributed by atoms with van der Waals surface area (Å²) in [4.78, 5) is 3.72. The van der Waals surface area contributed by atoms with Gasteiger partial charge in [0.1, 0.15) is 0 Å². The third-order valence-electron chi connectivity index (χ3n) is 3.01. The van der Waals surface area contributed by atoms with Crippen molar-refractivity contribution in [1.29, 1.82) is 0 Å². The van der Waals surface area contributed by atoms with Gasteiger partial charge in [-0.1, -0.05) is 0 Å². The largest absolute Gasteiger partial charge is 0.492 e. The Morgan fingerprint density at radius 1 is 1.07 bits per heavy atom. The second-order valence-electron chi connectivity index (χ2n) is 4.24. The van der Waals surface area contributed by atoms with E-state index in [2.05, 4.69) is 4.90 Å². The first-order valence-electron chi connectivity index (χ1n) is 5.30. The van der Waals surface area contributed by atoms with Crippen LogP contribution < -0.4 is 0 Å². The van der Waals surface area contributed by atoms with Crippen molar-refractivity contribution in [2.75, 3.05) is 45.8 Å². The average Bonchev–Trinajstić information content (AvgIpc) is 2.02. The van der Waals surface area contributed by atoms with E-state index >= 15 is 0 Å². The monoisotopic (exact) mass is 223 g/mol. The molecule has 0 unspecified atom stereocenters. The fourth-order valence-electron chi connectivity index (χ4n) is 2.04. The molecular weight excluding hydrogens is 208 g/mol. The number of hydrogen-bond donors (Lipinski definition) is 0. The predicted molar refractivity (Wildman–Crippen MR) is 51.7 cm³/mol. The molecule has 0 aromatic carbocycles. The zero-order valence-corrected chi connectivity index (χ0v) is 8.54. The summed E-state index contributed by atoms with van der Waals surface area (Å²) in [6.07, 6.45) is -0.713. The Morgan fingerprint density at radius 3 is 2.07 bits per heavy atom. The molecule has 0 saturated carbocycles. The van der Waals surface area contributed by atoms with Crippen molar-refractivity contribution in [3.63, 3.8) is 0 Å². The summed E-state index contributed by atoms with van der Waals surface area (Å²) >= 11 is 0. The minimum Gasteiger partial charge on any atom is -0.448 e. The maximum Gasteiger partial charge on any atom is 0.492 e. The van der Waals surface area contributed by atoms with Gasteiger partial charge in [-0.15, -0.1) is 0 Å². The van der Waals surface area contributed by atoms with E-state index in [4.69, 9.17) is 4.74 Å². The highest BCUT2D eigenvalue weighted by Gasteiger charge is 2.32. The second-order valence-corrected chi connectivity index (χ2v) is 4.24. The van der Waals surface area contributed by atoms with E-state index in [9.17, 15) is 12.9 Å². The van der Waals surface area contributed by atoms with Crippen LogP contribution in [0.25, 0.3) is 0 Å². The Balaban J connectivity index is 1.72. The fraction of sp³-hybridized carbons (Fsp3) is 1.00. The van der Waals surface area contributed by atoms with Crippen LogP contribution in [0.2, 0.25) is 0 Å². The number of ether oxygens (including phenoxy) is 1.